The molecule has 2 aliphatic heterocycles. The van der Waals surface area contributed by atoms with Crippen LogP contribution in [0.15, 0.2) is 11.2 Å². The zero-order valence-electron chi connectivity index (χ0n) is 20.1. The summed E-state index contributed by atoms with van der Waals surface area (Å²) in [6, 6.07) is 2.36. The molecule has 0 N–H and O–H groups in total. The van der Waals surface area contributed by atoms with Crippen molar-refractivity contribution in [2.75, 3.05) is 30.3 Å². The predicted molar refractivity (Wildman–Crippen MR) is 129 cm³/mol. The van der Waals surface area contributed by atoms with Crippen LogP contribution in [0.1, 0.15) is 74.2 Å². The van der Waals surface area contributed by atoms with Gasteiger partial charge in [0.2, 0.25) is 5.95 Å². The third-order valence-electron chi connectivity index (χ3n) is 6.81. The Morgan fingerprint density at radius 2 is 1.97 bits per heavy atom. The van der Waals surface area contributed by atoms with Crippen molar-refractivity contribution in [1.82, 2.24) is 19.3 Å². The van der Waals surface area contributed by atoms with Crippen LogP contribution in [0.2, 0.25) is 0 Å². The second kappa shape index (κ2) is 10.00. The van der Waals surface area contributed by atoms with Crippen LogP contribution in [-0.4, -0.2) is 56.7 Å². The lowest BCUT2D eigenvalue weighted by Gasteiger charge is -2.31. The van der Waals surface area contributed by atoms with Crippen LogP contribution in [0, 0.1) is 19.8 Å². The largest absolute Gasteiger partial charge is 0.376 e. The number of Topliss-reactive ketones (excluding diaryl/α,β-unsaturated/α-hetero) is 1. The van der Waals surface area contributed by atoms with Gasteiger partial charge in [0.15, 0.2) is 10.9 Å². The molecule has 2 saturated heterocycles. The van der Waals surface area contributed by atoms with Gasteiger partial charge in [0.05, 0.1) is 18.4 Å². The highest BCUT2D eigenvalue weighted by atomic mass is 32.2. The van der Waals surface area contributed by atoms with E-state index in [0.29, 0.717) is 11.8 Å². The van der Waals surface area contributed by atoms with Gasteiger partial charge in [-0.3, -0.25) is 9.36 Å². The molecule has 0 aliphatic carbocycles. The van der Waals surface area contributed by atoms with Crippen molar-refractivity contribution in [3.8, 4) is 0 Å². The van der Waals surface area contributed by atoms with Crippen molar-refractivity contribution in [1.29, 1.82) is 0 Å². The molecule has 7 nitrogen and oxygen atoms in total. The first-order valence-corrected chi connectivity index (χ1v) is 13.0. The number of anilines is 1. The first kappa shape index (κ1) is 23.4. The number of ether oxygens (including phenoxy) is 1. The quantitative estimate of drug-likeness (QED) is 0.422. The predicted octanol–water partition coefficient (Wildman–Crippen LogP) is 4.67. The number of rotatable bonds is 8. The number of piperidine rings is 1. The fraction of sp³-hybridized carbons (Fsp3) is 0.708. The van der Waals surface area contributed by atoms with Crippen LogP contribution in [-0.2, 0) is 11.3 Å². The molecule has 32 heavy (non-hydrogen) atoms. The highest BCUT2D eigenvalue weighted by Crippen LogP contribution is 2.29. The van der Waals surface area contributed by atoms with Crippen LogP contribution in [0.4, 0.5) is 5.95 Å². The van der Waals surface area contributed by atoms with Gasteiger partial charge in [-0.05, 0) is 65.4 Å². The molecule has 0 spiro atoms. The molecule has 0 aromatic carbocycles. The third kappa shape index (κ3) is 4.91. The molecule has 0 amide bonds. The fourth-order valence-corrected chi connectivity index (χ4v) is 5.87. The summed E-state index contributed by atoms with van der Waals surface area (Å²) in [6.07, 6.45) is 4.74. The average molecular weight is 460 g/mol. The molecule has 0 radical (unpaired) electrons. The molecule has 4 rings (SSSR count). The van der Waals surface area contributed by atoms with Gasteiger partial charge in [-0.1, -0.05) is 18.7 Å². The topological polar surface area (TPSA) is 65.2 Å². The smallest absolute Gasteiger partial charge is 0.228 e. The Balaban J connectivity index is 1.51. The molecule has 0 bridgehead atoms. The third-order valence-corrected chi connectivity index (χ3v) is 7.77. The molecule has 0 saturated carbocycles. The normalized spacial score (nSPS) is 19.9. The molecule has 2 aromatic heterocycles. The highest BCUT2D eigenvalue weighted by molar-refractivity contribution is 7.99. The lowest BCUT2D eigenvalue weighted by molar-refractivity contribution is 0.0951. The van der Waals surface area contributed by atoms with Gasteiger partial charge in [-0.2, -0.15) is 0 Å². The van der Waals surface area contributed by atoms with Crippen molar-refractivity contribution >= 4 is 23.5 Å². The second-order valence-corrected chi connectivity index (χ2v) is 10.6. The standard InChI is InChI=1S/C24H37N5O2S/c1-16(2)29-18(4)13-21(19(29)5)22(30)15-32-24-26-25-23(27-10-8-17(3)9-11-27)28(24)14-20-7-6-12-31-20/h13,16-17,20H,6-12,14-15H2,1-5H3/t20-/m0/s1. The van der Waals surface area contributed by atoms with Gasteiger partial charge in [0.1, 0.15) is 0 Å². The van der Waals surface area contributed by atoms with Gasteiger partial charge in [-0.15, -0.1) is 10.2 Å². The Morgan fingerprint density at radius 1 is 1.22 bits per heavy atom. The molecule has 176 valence electrons. The lowest BCUT2D eigenvalue weighted by Crippen LogP contribution is -2.35. The second-order valence-electron chi connectivity index (χ2n) is 9.66. The summed E-state index contributed by atoms with van der Waals surface area (Å²) in [6.45, 7) is 14.3. The molecule has 0 unspecified atom stereocenters. The van der Waals surface area contributed by atoms with Crippen molar-refractivity contribution in [3.63, 3.8) is 0 Å². The van der Waals surface area contributed by atoms with E-state index in [1.807, 2.05) is 13.0 Å². The van der Waals surface area contributed by atoms with E-state index in [-0.39, 0.29) is 11.9 Å². The lowest BCUT2D eigenvalue weighted by atomic mass is 10.00. The van der Waals surface area contributed by atoms with Crippen molar-refractivity contribution in [3.05, 3.63) is 23.0 Å². The molecular weight excluding hydrogens is 422 g/mol. The van der Waals surface area contributed by atoms with Crippen LogP contribution < -0.4 is 4.90 Å². The Kier molecular flexibility index (Phi) is 7.30. The molecule has 2 fully saturated rings. The van der Waals surface area contributed by atoms with E-state index in [0.717, 1.165) is 73.1 Å². The summed E-state index contributed by atoms with van der Waals surface area (Å²) in [5.74, 6) is 2.20. The van der Waals surface area contributed by atoms with E-state index in [9.17, 15) is 4.79 Å². The van der Waals surface area contributed by atoms with Crippen LogP contribution in [0.25, 0.3) is 0 Å². The van der Waals surface area contributed by atoms with Crippen molar-refractivity contribution < 1.29 is 9.53 Å². The number of hydrogen-bond donors (Lipinski definition) is 0. The molecule has 1 atom stereocenters. The summed E-state index contributed by atoms with van der Waals surface area (Å²) < 4.78 is 10.3. The van der Waals surface area contributed by atoms with E-state index in [4.69, 9.17) is 4.74 Å². The Labute approximate surface area is 195 Å². The molecule has 8 heteroatoms. The minimum atomic E-state index is 0.148. The summed E-state index contributed by atoms with van der Waals surface area (Å²) in [5, 5.41) is 9.90. The summed E-state index contributed by atoms with van der Waals surface area (Å²) in [4.78, 5) is 15.5. The van der Waals surface area contributed by atoms with Gasteiger partial charge in [0.25, 0.3) is 0 Å². The summed E-state index contributed by atoms with van der Waals surface area (Å²) >= 11 is 1.50. The fourth-order valence-electron chi connectivity index (χ4n) is 5.04. The van der Waals surface area contributed by atoms with E-state index < -0.39 is 0 Å². The first-order valence-electron chi connectivity index (χ1n) is 12.0. The number of hydrogen-bond acceptors (Lipinski definition) is 6. The average Bonchev–Trinajstić information content (AvgIpc) is 3.47. The maximum Gasteiger partial charge on any atom is 0.228 e. The number of carbonyl (C=O) groups excluding carboxylic acids is 1. The Morgan fingerprint density at radius 3 is 2.59 bits per heavy atom. The van der Waals surface area contributed by atoms with E-state index in [1.165, 1.54) is 24.6 Å². The zero-order chi connectivity index (χ0) is 22.8. The minimum absolute atomic E-state index is 0.148. The van der Waals surface area contributed by atoms with Crippen LogP contribution in [0.3, 0.4) is 0 Å². The van der Waals surface area contributed by atoms with Crippen molar-refractivity contribution in [2.24, 2.45) is 5.92 Å². The van der Waals surface area contributed by atoms with E-state index >= 15 is 0 Å². The van der Waals surface area contributed by atoms with Crippen LogP contribution >= 0.6 is 11.8 Å². The zero-order valence-corrected chi connectivity index (χ0v) is 21.0. The van der Waals surface area contributed by atoms with Crippen molar-refractivity contribution in [2.45, 2.75) is 84.1 Å². The maximum atomic E-state index is 13.1. The van der Waals surface area contributed by atoms with Crippen LogP contribution in [0.5, 0.6) is 0 Å². The van der Waals surface area contributed by atoms with Gasteiger partial charge in [-0.25, -0.2) is 0 Å². The Hall–Kier alpha value is -1.80. The summed E-state index contributed by atoms with van der Waals surface area (Å²) in [7, 11) is 0. The summed E-state index contributed by atoms with van der Waals surface area (Å²) in [5.41, 5.74) is 3.00. The number of nitrogens with zero attached hydrogens (tertiary/aromatic N) is 5. The van der Waals surface area contributed by atoms with E-state index in [2.05, 4.69) is 51.9 Å². The molecule has 2 aromatic rings. The SMILES string of the molecule is Cc1cc(C(=O)CSc2nnc(N3CCC(C)CC3)n2C[C@@H]2CCCO2)c(C)n1C(C)C. The molecular formula is C24H37N5O2S. The van der Waals surface area contributed by atoms with Gasteiger partial charge in [0, 0.05) is 42.7 Å². The highest BCUT2D eigenvalue weighted by Gasteiger charge is 2.26. The molecule has 4 heterocycles. The first-order chi connectivity index (χ1) is 15.3. The van der Waals surface area contributed by atoms with E-state index in [1.54, 1.807) is 0 Å². The number of carbonyl (C=O) groups is 1. The van der Waals surface area contributed by atoms with Gasteiger partial charge < -0.3 is 14.2 Å². The number of aromatic nitrogens is 4. The maximum absolute atomic E-state index is 13.1. The minimum Gasteiger partial charge on any atom is -0.376 e. The number of aryl methyl sites for hydroxylation is 1. The molecule has 2 aliphatic rings. The Bertz CT molecular complexity index is 937. The van der Waals surface area contributed by atoms with Gasteiger partial charge >= 0.3 is 0 Å². The monoisotopic (exact) mass is 459 g/mol. The number of ketones is 1. The number of thioether (sulfide) groups is 1.